The Morgan fingerprint density at radius 2 is 2.00 bits per heavy atom. The predicted molar refractivity (Wildman–Crippen MR) is 63.3 cm³/mol. The first-order valence-corrected chi connectivity index (χ1v) is 5.55. The van der Waals surface area contributed by atoms with Gasteiger partial charge in [-0.15, -0.1) is 0 Å². The van der Waals surface area contributed by atoms with Crippen LogP contribution in [0.3, 0.4) is 0 Å². The van der Waals surface area contributed by atoms with Crippen molar-refractivity contribution in [3.05, 3.63) is 29.3 Å². The lowest BCUT2D eigenvalue weighted by atomic mass is 9.92. The fraction of sp³-hybridized carbons (Fsp3) is 0.462. The van der Waals surface area contributed by atoms with E-state index in [0.29, 0.717) is 11.7 Å². The Bertz CT molecular complexity index is 367. The van der Waals surface area contributed by atoms with Gasteiger partial charge in [-0.05, 0) is 36.5 Å². The zero-order chi connectivity index (χ0) is 12.1. The quantitative estimate of drug-likeness (QED) is 0.831. The number of methoxy groups -OCH3 is 1. The molecule has 1 aromatic carbocycles. The van der Waals surface area contributed by atoms with E-state index >= 15 is 0 Å². The number of hydrogen-bond donors (Lipinski definition) is 1. The third-order valence-electron chi connectivity index (χ3n) is 2.91. The van der Waals surface area contributed by atoms with E-state index in [9.17, 15) is 4.79 Å². The number of carboxylic acids is 1. The van der Waals surface area contributed by atoms with Crippen LogP contribution < -0.4 is 4.74 Å². The van der Waals surface area contributed by atoms with Gasteiger partial charge in [0.1, 0.15) is 11.3 Å². The molecule has 0 unspecified atom stereocenters. The van der Waals surface area contributed by atoms with Gasteiger partial charge in [-0.25, -0.2) is 4.79 Å². The summed E-state index contributed by atoms with van der Waals surface area (Å²) < 4.78 is 5.03. The summed E-state index contributed by atoms with van der Waals surface area (Å²) in [6, 6.07) is 5.40. The fourth-order valence-electron chi connectivity index (χ4n) is 1.91. The number of rotatable bonds is 5. The van der Waals surface area contributed by atoms with Crippen LogP contribution in [0.4, 0.5) is 0 Å². The van der Waals surface area contributed by atoms with Gasteiger partial charge in [-0.1, -0.05) is 19.9 Å². The highest BCUT2D eigenvalue weighted by Crippen LogP contribution is 2.28. The molecule has 0 spiro atoms. The second-order valence-corrected chi connectivity index (χ2v) is 3.78. The average molecular weight is 222 g/mol. The summed E-state index contributed by atoms with van der Waals surface area (Å²) in [5, 5.41) is 9.07. The normalized spacial score (nSPS) is 10.5. The average Bonchev–Trinajstić information content (AvgIpc) is 2.30. The molecule has 0 aliphatic heterocycles. The number of carboxylic acid groups (broad SMARTS) is 1. The molecule has 1 N–H and O–H groups in total. The predicted octanol–water partition coefficient (Wildman–Crippen LogP) is 3.30. The van der Waals surface area contributed by atoms with E-state index in [1.54, 1.807) is 12.1 Å². The summed E-state index contributed by atoms with van der Waals surface area (Å²) in [5.41, 5.74) is 1.31. The van der Waals surface area contributed by atoms with Gasteiger partial charge in [0, 0.05) is 0 Å². The van der Waals surface area contributed by atoms with Crippen LogP contribution in [0.5, 0.6) is 5.75 Å². The maximum absolute atomic E-state index is 11.1. The molecule has 0 saturated carbocycles. The number of aromatic carboxylic acids is 1. The minimum atomic E-state index is -0.940. The van der Waals surface area contributed by atoms with Crippen molar-refractivity contribution in [1.82, 2.24) is 0 Å². The Hall–Kier alpha value is -1.51. The van der Waals surface area contributed by atoms with Gasteiger partial charge in [-0.3, -0.25) is 0 Å². The topological polar surface area (TPSA) is 46.5 Å². The Morgan fingerprint density at radius 1 is 1.38 bits per heavy atom. The lowest BCUT2D eigenvalue weighted by molar-refractivity contribution is 0.0693. The molecule has 88 valence electrons. The van der Waals surface area contributed by atoms with E-state index in [1.807, 2.05) is 6.07 Å². The molecule has 16 heavy (non-hydrogen) atoms. The monoisotopic (exact) mass is 222 g/mol. The van der Waals surface area contributed by atoms with Crippen molar-refractivity contribution in [1.29, 1.82) is 0 Å². The molecule has 3 heteroatoms. The zero-order valence-electron chi connectivity index (χ0n) is 9.99. The molecule has 1 aromatic rings. The maximum Gasteiger partial charge on any atom is 0.339 e. The molecule has 0 amide bonds. The van der Waals surface area contributed by atoms with E-state index in [2.05, 4.69) is 13.8 Å². The molecule has 0 saturated heterocycles. The Balaban J connectivity index is 3.15. The van der Waals surface area contributed by atoms with E-state index in [1.165, 1.54) is 7.11 Å². The van der Waals surface area contributed by atoms with E-state index < -0.39 is 5.97 Å². The first kappa shape index (κ1) is 12.6. The minimum absolute atomic E-state index is 0.243. The standard InChI is InChI=1S/C13H18O3/c1-4-9(5-2)10-6-7-12(16-3)11(8-10)13(14)15/h6-9H,4-5H2,1-3H3,(H,14,15). The molecule has 0 aliphatic rings. The third-order valence-corrected chi connectivity index (χ3v) is 2.91. The van der Waals surface area contributed by atoms with Crippen molar-refractivity contribution < 1.29 is 14.6 Å². The SMILES string of the molecule is CCC(CC)c1ccc(OC)c(C(=O)O)c1. The summed E-state index contributed by atoms with van der Waals surface area (Å²) in [5.74, 6) is -0.101. The van der Waals surface area contributed by atoms with Crippen LogP contribution in [-0.2, 0) is 0 Å². The number of benzene rings is 1. The van der Waals surface area contributed by atoms with Gasteiger partial charge in [0.15, 0.2) is 0 Å². The van der Waals surface area contributed by atoms with E-state index in [0.717, 1.165) is 18.4 Å². The van der Waals surface area contributed by atoms with E-state index in [4.69, 9.17) is 9.84 Å². The summed E-state index contributed by atoms with van der Waals surface area (Å²) in [6.45, 7) is 4.22. The number of hydrogen-bond acceptors (Lipinski definition) is 2. The molecule has 0 fully saturated rings. The van der Waals surface area contributed by atoms with Gasteiger partial charge in [-0.2, -0.15) is 0 Å². The Labute approximate surface area is 96.1 Å². The summed E-state index contributed by atoms with van der Waals surface area (Å²) in [4.78, 5) is 11.1. The highest BCUT2D eigenvalue weighted by molar-refractivity contribution is 5.91. The molecular formula is C13H18O3. The highest BCUT2D eigenvalue weighted by atomic mass is 16.5. The van der Waals surface area contributed by atoms with Crippen LogP contribution in [-0.4, -0.2) is 18.2 Å². The van der Waals surface area contributed by atoms with Crippen molar-refractivity contribution >= 4 is 5.97 Å². The summed E-state index contributed by atoms with van der Waals surface area (Å²) in [6.07, 6.45) is 2.03. The zero-order valence-corrected chi connectivity index (χ0v) is 9.99. The van der Waals surface area contributed by atoms with Crippen molar-refractivity contribution in [2.24, 2.45) is 0 Å². The molecule has 1 rings (SSSR count). The molecule has 0 aliphatic carbocycles. The number of ether oxygens (including phenoxy) is 1. The van der Waals surface area contributed by atoms with Crippen molar-refractivity contribution in [3.63, 3.8) is 0 Å². The van der Waals surface area contributed by atoms with Gasteiger partial charge in [0.2, 0.25) is 0 Å². The lowest BCUT2D eigenvalue weighted by Gasteiger charge is -2.14. The molecule has 3 nitrogen and oxygen atoms in total. The summed E-state index contributed by atoms with van der Waals surface area (Å²) in [7, 11) is 1.48. The Morgan fingerprint density at radius 3 is 2.44 bits per heavy atom. The molecule has 0 heterocycles. The first-order chi connectivity index (χ1) is 7.63. The van der Waals surface area contributed by atoms with Crippen LogP contribution in [0.2, 0.25) is 0 Å². The minimum Gasteiger partial charge on any atom is -0.496 e. The lowest BCUT2D eigenvalue weighted by Crippen LogP contribution is -2.03. The maximum atomic E-state index is 11.1. The second kappa shape index (κ2) is 5.54. The van der Waals surface area contributed by atoms with Crippen LogP contribution >= 0.6 is 0 Å². The van der Waals surface area contributed by atoms with Crippen LogP contribution in [0.1, 0.15) is 48.5 Å². The van der Waals surface area contributed by atoms with Gasteiger partial charge in [0.25, 0.3) is 0 Å². The second-order valence-electron chi connectivity index (χ2n) is 3.78. The van der Waals surface area contributed by atoms with Gasteiger partial charge < -0.3 is 9.84 Å². The largest absolute Gasteiger partial charge is 0.496 e. The summed E-state index contributed by atoms with van der Waals surface area (Å²) >= 11 is 0. The number of carbonyl (C=O) groups is 1. The molecule has 0 aromatic heterocycles. The van der Waals surface area contributed by atoms with E-state index in [-0.39, 0.29) is 5.56 Å². The van der Waals surface area contributed by atoms with Crippen LogP contribution in [0.25, 0.3) is 0 Å². The smallest absolute Gasteiger partial charge is 0.339 e. The highest BCUT2D eigenvalue weighted by Gasteiger charge is 2.14. The van der Waals surface area contributed by atoms with Crippen molar-refractivity contribution in [2.75, 3.05) is 7.11 Å². The van der Waals surface area contributed by atoms with Crippen molar-refractivity contribution in [3.8, 4) is 5.75 Å². The molecular weight excluding hydrogens is 204 g/mol. The van der Waals surface area contributed by atoms with Gasteiger partial charge in [0.05, 0.1) is 7.11 Å². The third kappa shape index (κ3) is 2.54. The molecule has 0 atom stereocenters. The molecule has 0 radical (unpaired) electrons. The molecule has 0 bridgehead atoms. The Kier molecular flexibility index (Phi) is 4.35. The van der Waals surface area contributed by atoms with Crippen LogP contribution in [0.15, 0.2) is 18.2 Å². The van der Waals surface area contributed by atoms with Crippen LogP contribution in [0, 0.1) is 0 Å². The van der Waals surface area contributed by atoms with Gasteiger partial charge >= 0.3 is 5.97 Å². The van der Waals surface area contributed by atoms with Crippen molar-refractivity contribution in [2.45, 2.75) is 32.6 Å². The fourth-order valence-corrected chi connectivity index (χ4v) is 1.91. The first-order valence-electron chi connectivity index (χ1n) is 5.55.